The van der Waals surface area contributed by atoms with Gasteiger partial charge in [0.25, 0.3) is 6.01 Å². The third kappa shape index (κ3) is 3.06. The van der Waals surface area contributed by atoms with Gasteiger partial charge in [-0.3, -0.25) is 0 Å². The molecule has 0 radical (unpaired) electrons. The van der Waals surface area contributed by atoms with Crippen molar-refractivity contribution in [2.75, 3.05) is 19.4 Å². The standard InChI is InChI=1S/C16H17N3O3S/c1-19(2)23(20,21)15-10-6-3-7-12(15)11-17-16-18-13-8-4-5-9-14(13)22-16/h3-10H,11H2,1-2H3,(H,17,18). The van der Waals surface area contributed by atoms with Crippen molar-refractivity contribution < 1.29 is 12.8 Å². The van der Waals surface area contributed by atoms with Crippen LogP contribution in [0.15, 0.2) is 57.8 Å². The SMILES string of the molecule is CN(C)S(=O)(=O)c1ccccc1CNc1nc2ccccc2o1. The maximum Gasteiger partial charge on any atom is 0.295 e. The first kappa shape index (κ1) is 15.5. The van der Waals surface area contributed by atoms with Crippen molar-refractivity contribution in [1.29, 1.82) is 0 Å². The molecular formula is C16H17N3O3S. The Morgan fingerprint density at radius 3 is 2.52 bits per heavy atom. The molecule has 0 aliphatic carbocycles. The lowest BCUT2D eigenvalue weighted by molar-refractivity contribution is 0.519. The highest BCUT2D eigenvalue weighted by atomic mass is 32.2. The number of nitrogens with zero attached hydrogens (tertiary/aromatic N) is 2. The van der Waals surface area contributed by atoms with Gasteiger partial charge in [-0.15, -0.1) is 0 Å². The number of sulfonamides is 1. The molecule has 0 aliphatic rings. The second kappa shape index (κ2) is 6.02. The molecule has 1 heterocycles. The van der Waals surface area contributed by atoms with Crippen LogP contribution in [0.4, 0.5) is 6.01 Å². The molecule has 6 nitrogen and oxygen atoms in total. The Kier molecular flexibility index (Phi) is 4.06. The second-order valence-electron chi connectivity index (χ2n) is 5.24. The first-order chi connectivity index (χ1) is 11.0. The van der Waals surface area contributed by atoms with E-state index in [0.29, 0.717) is 23.7 Å². The number of aromatic nitrogens is 1. The number of hydrogen-bond acceptors (Lipinski definition) is 5. The predicted octanol–water partition coefficient (Wildman–Crippen LogP) is 2.69. The number of fused-ring (bicyclic) bond motifs is 1. The minimum atomic E-state index is -3.49. The Labute approximate surface area is 134 Å². The van der Waals surface area contributed by atoms with Gasteiger partial charge in [-0.2, -0.15) is 4.98 Å². The quantitative estimate of drug-likeness (QED) is 0.778. The number of anilines is 1. The molecule has 3 aromatic rings. The van der Waals surface area contributed by atoms with E-state index in [4.69, 9.17) is 4.42 Å². The van der Waals surface area contributed by atoms with Crippen molar-refractivity contribution in [2.45, 2.75) is 11.4 Å². The highest BCUT2D eigenvalue weighted by Gasteiger charge is 2.20. The van der Waals surface area contributed by atoms with Crippen molar-refractivity contribution in [3.8, 4) is 0 Å². The van der Waals surface area contributed by atoms with Crippen LogP contribution in [0.5, 0.6) is 0 Å². The van der Waals surface area contributed by atoms with Gasteiger partial charge in [-0.05, 0) is 23.8 Å². The summed E-state index contributed by atoms with van der Waals surface area (Å²) in [4.78, 5) is 4.59. The summed E-state index contributed by atoms with van der Waals surface area (Å²) in [5, 5.41) is 3.04. The van der Waals surface area contributed by atoms with Gasteiger partial charge < -0.3 is 9.73 Å². The lowest BCUT2D eigenvalue weighted by atomic mass is 10.2. The van der Waals surface area contributed by atoms with Gasteiger partial charge in [0.1, 0.15) is 5.52 Å². The zero-order valence-electron chi connectivity index (χ0n) is 12.9. The highest BCUT2D eigenvalue weighted by Crippen LogP contribution is 2.22. The molecule has 0 saturated heterocycles. The van der Waals surface area contributed by atoms with Crippen LogP contribution >= 0.6 is 0 Å². The molecule has 0 atom stereocenters. The topological polar surface area (TPSA) is 75.4 Å². The fourth-order valence-corrected chi connectivity index (χ4v) is 3.33. The van der Waals surface area contributed by atoms with E-state index in [1.54, 1.807) is 24.3 Å². The molecule has 3 rings (SSSR count). The molecule has 7 heteroatoms. The monoisotopic (exact) mass is 331 g/mol. The maximum absolute atomic E-state index is 12.4. The summed E-state index contributed by atoms with van der Waals surface area (Å²) in [6.45, 7) is 0.302. The van der Waals surface area contributed by atoms with Crippen molar-refractivity contribution in [3.05, 3.63) is 54.1 Å². The van der Waals surface area contributed by atoms with Gasteiger partial charge in [0.2, 0.25) is 10.0 Å². The fourth-order valence-electron chi connectivity index (χ4n) is 2.22. The van der Waals surface area contributed by atoms with Crippen LogP contribution in [0.1, 0.15) is 5.56 Å². The number of nitrogens with one attached hydrogen (secondary N) is 1. The third-order valence-corrected chi connectivity index (χ3v) is 5.37. The van der Waals surface area contributed by atoms with E-state index in [-0.39, 0.29) is 4.90 Å². The summed E-state index contributed by atoms with van der Waals surface area (Å²) >= 11 is 0. The van der Waals surface area contributed by atoms with Crippen LogP contribution in [-0.2, 0) is 16.6 Å². The van der Waals surface area contributed by atoms with Crippen LogP contribution < -0.4 is 5.32 Å². The van der Waals surface area contributed by atoms with Crippen LogP contribution in [0.25, 0.3) is 11.1 Å². The van der Waals surface area contributed by atoms with Crippen molar-refractivity contribution in [2.24, 2.45) is 0 Å². The molecule has 0 amide bonds. The average Bonchev–Trinajstić information content (AvgIpc) is 2.96. The Hall–Kier alpha value is -2.38. The third-order valence-electron chi connectivity index (χ3n) is 3.46. The molecule has 0 saturated carbocycles. The first-order valence-corrected chi connectivity index (χ1v) is 8.52. The molecule has 0 aliphatic heterocycles. The molecule has 23 heavy (non-hydrogen) atoms. The first-order valence-electron chi connectivity index (χ1n) is 7.08. The van der Waals surface area contributed by atoms with E-state index in [0.717, 1.165) is 5.52 Å². The Bertz CT molecular complexity index is 899. The lowest BCUT2D eigenvalue weighted by Crippen LogP contribution is -2.23. The molecule has 2 aromatic carbocycles. The maximum atomic E-state index is 12.4. The molecule has 0 fully saturated rings. The number of oxazole rings is 1. The van der Waals surface area contributed by atoms with Crippen LogP contribution in [0.2, 0.25) is 0 Å². The van der Waals surface area contributed by atoms with E-state index in [9.17, 15) is 8.42 Å². The molecule has 0 spiro atoms. The number of para-hydroxylation sites is 2. The summed E-state index contributed by atoms with van der Waals surface area (Å²) in [5.41, 5.74) is 2.09. The summed E-state index contributed by atoms with van der Waals surface area (Å²) in [6, 6.07) is 14.7. The van der Waals surface area contributed by atoms with E-state index in [1.807, 2.05) is 24.3 Å². The minimum absolute atomic E-state index is 0.272. The average molecular weight is 331 g/mol. The number of benzene rings is 2. The zero-order valence-corrected chi connectivity index (χ0v) is 13.7. The van der Waals surface area contributed by atoms with Crippen LogP contribution in [0.3, 0.4) is 0 Å². The van der Waals surface area contributed by atoms with E-state index < -0.39 is 10.0 Å². The van der Waals surface area contributed by atoms with Crippen molar-refractivity contribution >= 4 is 27.1 Å². The number of rotatable bonds is 5. The molecule has 0 bridgehead atoms. The smallest absolute Gasteiger partial charge is 0.295 e. The molecular weight excluding hydrogens is 314 g/mol. The zero-order chi connectivity index (χ0) is 16.4. The Balaban J connectivity index is 1.86. The summed E-state index contributed by atoms with van der Waals surface area (Å²) in [6.07, 6.45) is 0. The number of hydrogen-bond donors (Lipinski definition) is 1. The second-order valence-corrected chi connectivity index (χ2v) is 7.36. The lowest BCUT2D eigenvalue weighted by Gasteiger charge is -2.15. The predicted molar refractivity (Wildman–Crippen MR) is 88.7 cm³/mol. The highest BCUT2D eigenvalue weighted by molar-refractivity contribution is 7.89. The largest absolute Gasteiger partial charge is 0.424 e. The molecule has 1 aromatic heterocycles. The summed E-state index contributed by atoms with van der Waals surface area (Å²) in [5.74, 6) is 0. The summed E-state index contributed by atoms with van der Waals surface area (Å²) < 4.78 is 31.5. The molecule has 0 unspecified atom stereocenters. The van der Waals surface area contributed by atoms with Gasteiger partial charge in [-0.25, -0.2) is 12.7 Å². The normalized spacial score (nSPS) is 12.0. The van der Waals surface area contributed by atoms with Gasteiger partial charge in [0.15, 0.2) is 5.58 Å². The Morgan fingerprint density at radius 2 is 1.78 bits per heavy atom. The Morgan fingerprint density at radius 1 is 1.09 bits per heavy atom. The molecule has 120 valence electrons. The minimum Gasteiger partial charge on any atom is -0.424 e. The molecule has 1 N–H and O–H groups in total. The van der Waals surface area contributed by atoms with Crippen molar-refractivity contribution in [1.82, 2.24) is 9.29 Å². The fraction of sp³-hybridized carbons (Fsp3) is 0.188. The van der Waals surface area contributed by atoms with Crippen LogP contribution in [0, 0.1) is 0 Å². The van der Waals surface area contributed by atoms with Gasteiger partial charge in [0, 0.05) is 20.6 Å². The van der Waals surface area contributed by atoms with Crippen LogP contribution in [-0.4, -0.2) is 31.8 Å². The van der Waals surface area contributed by atoms with E-state index in [1.165, 1.54) is 18.4 Å². The van der Waals surface area contributed by atoms with E-state index in [2.05, 4.69) is 10.3 Å². The van der Waals surface area contributed by atoms with Gasteiger partial charge >= 0.3 is 0 Å². The van der Waals surface area contributed by atoms with Crippen molar-refractivity contribution in [3.63, 3.8) is 0 Å². The van der Waals surface area contributed by atoms with E-state index >= 15 is 0 Å². The summed E-state index contributed by atoms with van der Waals surface area (Å²) in [7, 11) is -0.466. The van der Waals surface area contributed by atoms with Gasteiger partial charge in [-0.1, -0.05) is 30.3 Å². The van der Waals surface area contributed by atoms with Gasteiger partial charge in [0.05, 0.1) is 4.90 Å².